The zero-order valence-electron chi connectivity index (χ0n) is 14.3. The molecule has 1 saturated heterocycles. The van der Waals surface area contributed by atoms with Crippen LogP contribution < -0.4 is 9.50 Å². The molecule has 2 N–H and O–H groups in total. The Kier molecular flexibility index (Phi) is 5.62. The molecule has 9 nitrogen and oxygen atoms in total. The van der Waals surface area contributed by atoms with Crippen molar-refractivity contribution in [2.75, 3.05) is 19.6 Å². The molecule has 0 amide bonds. The lowest BCUT2D eigenvalue weighted by atomic mass is 10.2. The Morgan fingerprint density at radius 3 is 2.78 bits per heavy atom. The minimum Gasteiger partial charge on any atom is -0.340 e. The van der Waals surface area contributed by atoms with Crippen LogP contribution in [0.4, 0.5) is 0 Å². The van der Waals surface area contributed by atoms with E-state index in [4.69, 9.17) is 16.2 Å². The highest BCUT2D eigenvalue weighted by molar-refractivity contribution is 7.89. The first-order valence-electron chi connectivity index (χ1n) is 8.08. The molecule has 1 aromatic carbocycles. The van der Waals surface area contributed by atoms with Gasteiger partial charge in [0.1, 0.15) is 0 Å². The summed E-state index contributed by atoms with van der Waals surface area (Å²) in [5, 5.41) is 3.34. The van der Waals surface area contributed by atoms with E-state index in [1.165, 1.54) is 22.5 Å². The normalized spacial score (nSPS) is 19.7. The van der Waals surface area contributed by atoms with E-state index in [0.29, 0.717) is 26.1 Å². The molecule has 0 saturated carbocycles. The molecule has 1 aromatic heterocycles. The second kappa shape index (κ2) is 7.49. The summed E-state index contributed by atoms with van der Waals surface area (Å²) in [7, 11) is -8.77. The fraction of sp³-hybridized carbons (Fsp3) is 0.400. The van der Waals surface area contributed by atoms with Crippen molar-refractivity contribution in [3.05, 3.63) is 29.4 Å². The summed E-state index contributed by atoms with van der Waals surface area (Å²) in [6.45, 7) is 3.36. The molecule has 1 aliphatic rings. The van der Waals surface area contributed by atoms with Crippen molar-refractivity contribution in [3.63, 3.8) is 0 Å². The predicted octanol–water partition coefficient (Wildman–Crippen LogP) is 1.44. The van der Waals surface area contributed by atoms with Gasteiger partial charge in [0.05, 0.1) is 16.1 Å². The van der Waals surface area contributed by atoms with E-state index in [1.54, 1.807) is 6.92 Å². The summed E-state index contributed by atoms with van der Waals surface area (Å²) < 4.78 is 63.6. The van der Waals surface area contributed by atoms with Gasteiger partial charge in [0.25, 0.3) is 0 Å². The number of benzene rings is 1. The fourth-order valence-electron chi connectivity index (χ4n) is 3.06. The van der Waals surface area contributed by atoms with Gasteiger partial charge in [-0.05, 0) is 32.0 Å². The molecule has 3 rings (SSSR count). The molecule has 2 heterocycles. The molecule has 1 fully saturated rings. The highest BCUT2D eigenvalue weighted by atomic mass is 35.5. The number of sulfonamides is 1. The van der Waals surface area contributed by atoms with Gasteiger partial charge >= 0.3 is 10.4 Å². The average molecular weight is 436 g/mol. The molecule has 0 spiro atoms. The Morgan fingerprint density at radius 1 is 1.33 bits per heavy atom. The van der Waals surface area contributed by atoms with E-state index in [1.807, 2.05) is 0 Å². The molecule has 27 heavy (non-hydrogen) atoms. The molecule has 148 valence electrons. The summed E-state index contributed by atoms with van der Waals surface area (Å²) in [5.41, 5.74) is 0. The molecule has 1 unspecified atom stereocenters. The lowest BCUT2D eigenvalue weighted by Crippen LogP contribution is -2.41. The van der Waals surface area contributed by atoms with Gasteiger partial charge in [0, 0.05) is 29.9 Å². The van der Waals surface area contributed by atoms with Gasteiger partial charge in [-0.25, -0.2) is 13.4 Å². The van der Waals surface area contributed by atoms with Gasteiger partial charge in [0.2, 0.25) is 15.9 Å². The van der Waals surface area contributed by atoms with Crippen LogP contribution in [-0.4, -0.2) is 56.4 Å². The molecular weight excluding hydrogens is 418 g/mol. The third kappa shape index (κ3) is 4.18. The Labute approximate surface area is 162 Å². The fourth-order valence-corrected chi connectivity index (χ4v) is 5.60. The third-order valence-corrected chi connectivity index (χ3v) is 6.94. The van der Waals surface area contributed by atoms with Crippen LogP contribution in [0.15, 0.2) is 29.3 Å². The van der Waals surface area contributed by atoms with E-state index < -0.39 is 26.3 Å². The van der Waals surface area contributed by atoms with Crippen LogP contribution in [0.25, 0.3) is 10.8 Å². The van der Waals surface area contributed by atoms with Gasteiger partial charge in [-0.1, -0.05) is 17.7 Å². The number of hydrogen-bond acceptors (Lipinski definition) is 7. The third-order valence-electron chi connectivity index (χ3n) is 4.22. The zero-order chi connectivity index (χ0) is 19.8. The van der Waals surface area contributed by atoms with Crippen LogP contribution in [0.2, 0.25) is 5.02 Å². The standard InChI is InChI=1S/C15H18ClN3O6S2/c1-10-8-17-6-3-7-19(10)26(20,21)13-5-2-4-11-14(13)12(16)9-18-15(11)25-27(22,23)24/h2,4-5,9-10,17H,3,6-8H2,1H3,(H,22,23,24). The van der Waals surface area contributed by atoms with Crippen LogP contribution in [0, 0.1) is 0 Å². The van der Waals surface area contributed by atoms with Gasteiger partial charge < -0.3 is 9.50 Å². The highest BCUT2D eigenvalue weighted by Gasteiger charge is 2.32. The topological polar surface area (TPSA) is 126 Å². The van der Waals surface area contributed by atoms with Crippen LogP contribution in [0.1, 0.15) is 13.3 Å². The summed E-state index contributed by atoms with van der Waals surface area (Å²) in [6.07, 6.45) is 1.73. The van der Waals surface area contributed by atoms with E-state index in [0.717, 1.165) is 6.20 Å². The maximum atomic E-state index is 13.3. The monoisotopic (exact) mass is 435 g/mol. The Morgan fingerprint density at radius 2 is 2.07 bits per heavy atom. The van der Waals surface area contributed by atoms with Crippen molar-refractivity contribution in [1.29, 1.82) is 0 Å². The average Bonchev–Trinajstić information content (AvgIpc) is 2.81. The lowest BCUT2D eigenvalue weighted by Gasteiger charge is -2.26. The second-order valence-electron chi connectivity index (χ2n) is 6.12. The predicted molar refractivity (Wildman–Crippen MR) is 99.8 cm³/mol. The summed E-state index contributed by atoms with van der Waals surface area (Å²) >= 11 is 6.19. The van der Waals surface area contributed by atoms with Crippen molar-refractivity contribution in [2.24, 2.45) is 0 Å². The Hall–Kier alpha value is -1.50. The molecule has 2 aromatic rings. The minimum atomic E-state index is -4.84. The SMILES string of the molecule is CC1CNCCCN1S(=O)(=O)c1cccc2c(OS(=O)(=O)O)ncc(Cl)c12. The van der Waals surface area contributed by atoms with Crippen molar-refractivity contribution in [3.8, 4) is 5.88 Å². The summed E-state index contributed by atoms with van der Waals surface area (Å²) in [6, 6.07) is 3.97. The maximum absolute atomic E-state index is 13.3. The largest absolute Gasteiger partial charge is 0.448 e. The Bertz CT molecular complexity index is 1070. The summed E-state index contributed by atoms with van der Waals surface area (Å²) in [5.74, 6) is -0.459. The number of nitrogens with zero attached hydrogens (tertiary/aromatic N) is 2. The van der Waals surface area contributed by atoms with Crippen molar-refractivity contribution < 1.29 is 25.6 Å². The zero-order valence-corrected chi connectivity index (χ0v) is 16.7. The Balaban J connectivity index is 2.21. The molecule has 0 radical (unpaired) electrons. The van der Waals surface area contributed by atoms with Crippen LogP contribution >= 0.6 is 11.6 Å². The van der Waals surface area contributed by atoms with Crippen molar-refractivity contribution in [1.82, 2.24) is 14.6 Å². The molecule has 0 bridgehead atoms. The molecule has 0 aliphatic carbocycles. The second-order valence-corrected chi connectivity index (χ2v) is 9.41. The van der Waals surface area contributed by atoms with Gasteiger partial charge in [-0.15, -0.1) is 0 Å². The van der Waals surface area contributed by atoms with Crippen molar-refractivity contribution in [2.45, 2.75) is 24.3 Å². The smallest absolute Gasteiger partial charge is 0.340 e. The number of aromatic nitrogens is 1. The molecule has 12 heteroatoms. The quantitative estimate of drug-likeness (QED) is 0.691. The van der Waals surface area contributed by atoms with E-state index in [9.17, 15) is 16.8 Å². The molecule has 1 aliphatic heterocycles. The van der Waals surface area contributed by atoms with E-state index >= 15 is 0 Å². The van der Waals surface area contributed by atoms with Crippen LogP contribution in [0.3, 0.4) is 0 Å². The van der Waals surface area contributed by atoms with Crippen LogP contribution in [0.5, 0.6) is 5.88 Å². The van der Waals surface area contributed by atoms with E-state index in [-0.39, 0.29) is 26.7 Å². The lowest BCUT2D eigenvalue weighted by molar-refractivity contribution is 0.354. The van der Waals surface area contributed by atoms with E-state index in [2.05, 4.69) is 14.5 Å². The first-order valence-corrected chi connectivity index (χ1v) is 11.3. The van der Waals surface area contributed by atoms with Gasteiger partial charge in [-0.3, -0.25) is 4.55 Å². The number of pyridine rings is 1. The first kappa shape index (κ1) is 20.2. The van der Waals surface area contributed by atoms with Crippen LogP contribution in [-0.2, 0) is 20.4 Å². The number of rotatable bonds is 4. The van der Waals surface area contributed by atoms with Crippen molar-refractivity contribution >= 4 is 42.8 Å². The highest BCUT2D eigenvalue weighted by Crippen LogP contribution is 2.36. The number of fused-ring (bicyclic) bond motifs is 1. The van der Waals surface area contributed by atoms with Gasteiger partial charge in [-0.2, -0.15) is 12.7 Å². The number of nitrogens with one attached hydrogen (secondary N) is 1. The first-order chi connectivity index (χ1) is 12.6. The minimum absolute atomic E-state index is 0.0208. The number of halogens is 1. The molecule has 1 atom stereocenters. The molecular formula is C15H18ClN3O6S2. The maximum Gasteiger partial charge on any atom is 0.448 e. The summed E-state index contributed by atoms with van der Waals surface area (Å²) in [4.78, 5) is 3.66. The van der Waals surface area contributed by atoms with Gasteiger partial charge in [0.15, 0.2) is 0 Å². The number of hydrogen-bond donors (Lipinski definition) is 2.